The summed E-state index contributed by atoms with van der Waals surface area (Å²) in [7, 11) is 5.22. The highest BCUT2D eigenvalue weighted by Crippen LogP contribution is 2.22. The zero-order valence-electron chi connectivity index (χ0n) is 15.1. The van der Waals surface area contributed by atoms with Crippen LogP contribution in [0.15, 0.2) is 53.0 Å². The summed E-state index contributed by atoms with van der Waals surface area (Å²) in [6.07, 6.45) is 0.435. The Labute approximate surface area is 169 Å². The van der Waals surface area contributed by atoms with E-state index in [-0.39, 0.29) is 24.5 Å². The first-order valence-electron chi connectivity index (χ1n) is 8.04. The van der Waals surface area contributed by atoms with Crippen LogP contribution in [0, 0.1) is 0 Å². The van der Waals surface area contributed by atoms with Crippen molar-refractivity contribution in [3.63, 3.8) is 0 Å². The highest BCUT2D eigenvalue weighted by molar-refractivity contribution is 9.10. The van der Waals surface area contributed by atoms with Gasteiger partial charge in [-0.3, -0.25) is 0 Å². The molecule has 2 aromatic rings. The second-order valence-electron chi connectivity index (χ2n) is 5.76. The molecule has 1 amide bonds. The van der Waals surface area contributed by atoms with E-state index in [1.165, 1.54) is 4.90 Å². The van der Waals surface area contributed by atoms with Crippen molar-refractivity contribution in [2.45, 2.75) is 12.5 Å². The SMILES string of the molecule is CNC(CCOc1ccc(Br)cc1)c1ccc(OC(=O)N(C)C)cc1.Cl. The van der Waals surface area contributed by atoms with Gasteiger partial charge in [0.15, 0.2) is 0 Å². The van der Waals surface area contributed by atoms with Crippen LogP contribution in [-0.2, 0) is 0 Å². The summed E-state index contributed by atoms with van der Waals surface area (Å²) in [6.45, 7) is 0.602. The first-order valence-corrected chi connectivity index (χ1v) is 8.83. The summed E-state index contributed by atoms with van der Waals surface area (Å²) in [5, 5.41) is 3.29. The lowest BCUT2D eigenvalue weighted by Gasteiger charge is -2.18. The van der Waals surface area contributed by atoms with Crippen molar-refractivity contribution in [2.24, 2.45) is 0 Å². The van der Waals surface area contributed by atoms with E-state index in [9.17, 15) is 4.79 Å². The lowest BCUT2D eigenvalue weighted by molar-refractivity contribution is 0.172. The lowest BCUT2D eigenvalue weighted by atomic mass is 10.0. The van der Waals surface area contributed by atoms with Gasteiger partial charge < -0.3 is 19.7 Å². The fourth-order valence-electron chi connectivity index (χ4n) is 2.26. The summed E-state index contributed by atoms with van der Waals surface area (Å²) < 4.78 is 12.0. The fraction of sp³-hybridized carbons (Fsp3) is 0.316. The number of carbonyl (C=O) groups is 1. The van der Waals surface area contributed by atoms with Crippen molar-refractivity contribution in [3.05, 3.63) is 58.6 Å². The first kappa shape index (κ1) is 22.3. The molecule has 0 bridgehead atoms. The minimum Gasteiger partial charge on any atom is -0.494 e. The smallest absolute Gasteiger partial charge is 0.414 e. The third-order valence-electron chi connectivity index (χ3n) is 3.69. The minimum atomic E-state index is -0.388. The molecule has 1 unspecified atom stereocenters. The molecule has 0 radical (unpaired) electrons. The van der Waals surface area contributed by atoms with E-state index < -0.39 is 0 Å². The van der Waals surface area contributed by atoms with Gasteiger partial charge in [0.05, 0.1) is 6.61 Å². The minimum absolute atomic E-state index is 0. The summed E-state index contributed by atoms with van der Waals surface area (Å²) >= 11 is 3.41. The molecular formula is C19H24BrClN2O3. The van der Waals surface area contributed by atoms with E-state index in [1.54, 1.807) is 26.2 Å². The maximum absolute atomic E-state index is 11.6. The number of ether oxygens (including phenoxy) is 2. The number of carbonyl (C=O) groups excluding carboxylic acids is 1. The Bertz CT molecular complexity index is 678. The maximum atomic E-state index is 11.6. The molecule has 1 atom stereocenters. The van der Waals surface area contributed by atoms with Crippen LogP contribution in [0.5, 0.6) is 11.5 Å². The van der Waals surface area contributed by atoms with Crippen molar-refractivity contribution in [1.29, 1.82) is 0 Å². The van der Waals surface area contributed by atoms with Crippen LogP contribution in [0.4, 0.5) is 4.79 Å². The molecular weight excluding hydrogens is 420 g/mol. The molecule has 2 rings (SSSR count). The Kier molecular flexibility index (Phi) is 9.48. The third-order valence-corrected chi connectivity index (χ3v) is 4.22. The summed E-state index contributed by atoms with van der Waals surface area (Å²) in [5.74, 6) is 1.38. The number of benzene rings is 2. The van der Waals surface area contributed by atoms with Gasteiger partial charge in [0.2, 0.25) is 0 Å². The quantitative estimate of drug-likeness (QED) is 0.676. The van der Waals surface area contributed by atoms with E-state index >= 15 is 0 Å². The molecule has 0 heterocycles. The van der Waals surface area contributed by atoms with Crippen LogP contribution in [0.3, 0.4) is 0 Å². The zero-order valence-corrected chi connectivity index (χ0v) is 17.5. The molecule has 7 heteroatoms. The molecule has 0 aromatic heterocycles. The normalized spacial score (nSPS) is 11.2. The van der Waals surface area contributed by atoms with E-state index in [1.807, 2.05) is 43.4 Å². The van der Waals surface area contributed by atoms with Crippen LogP contribution in [-0.4, -0.2) is 38.7 Å². The van der Waals surface area contributed by atoms with Crippen LogP contribution >= 0.6 is 28.3 Å². The first-order chi connectivity index (χ1) is 12.0. The molecule has 0 fully saturated rings. The standard InChI is InChI=1S/C19H23BrN2O3.ClH/c1-21-18(12-13-24-16-10-6-15(20)7-11-16)14-4-8-17(9-5-14)25-19(23)22(2)3;/h4-11,18,21H,12-13H2,1-3H3;1H. The van der Waals surface area contributed by atoms with Crippen molar-refractivity contribution in [3.8, 4) is 11.5 Å². The van der Waals surface area contributed by atoms with Crippen molar-refractivity contribution in [1.82, 2.24) is 10.2 Å². The van der Waals surface area contributed by atoms with Gasteiger partial charge in [-0.25, -0.2) is 4.79 Å². The second kappa shape index (κ2) is 11.1. The van der Waals surface area contributed by atoms with Crippen LogP contribution < -0.4 is 14.8 Å². The largest absolute Gasteiger partial charge is 0.494 e. The maximum Gasteiger partial charge on any atom is 0.414 e. The van der Waals surface area contributed by atoms with E-state index in [0.29, 0.717) is 12.4 Å². The van der Waals surface area contributed by atoms with Gasteiger partial charge in [0.25, 0.3) is 0 Å². The highest BCUT2D eigenvalue weighted by atomic mass is 79.9. The van der Waals surface area contributed by atoms with Crippen LogP contribution in [0.2, 0.25) is 0 Å². The van der Waals surface area contributed by atoms with Gasteiger partial charge in [0, 0.05) is 31.0 Å². The predicted octanol–water partition coefficient (Wildman–Crippen LogP) is 4.66. The Balaban J connectivity index is 0.00000338. The Morgan fingerprint density at radius 2 is 1.65 bits per heavy atom. The second-order valence-corrected chi connectivity index (χ2v) is 6.68. The van der Waals surface area contributed by atoms with Gasteiger partial charge in [0.1, 0.15) is 11.5 Å². The number of hydrogen-bond acceptors (Lipinski definition) is 4. The summed E-state index contributed by atoms with van der Waals surface area (Å²) in [4.78, 5) is 12.9. The van der Waals surface area contributed by atoms with E-state index in [2.05, 4.69) is 21.2 Å². The third kappa shape index (κ3) is 6.86. The van der Waals surface area contributed by atoms with Crippen molar-refractivity contribution in [2.75, 3.05) is 27.7 Å². The topological polar surface area (TPSA) is 50.8 Å². The number of amides is 1. The molecule has 26 heavy (non-hydrogen) atoms. The molecule has 0 spiro atoms. The average Bonchev–Trinajstić information content (AvgIpc) is 2.61. The zero-order chi connectivity index (χ0) is 18.2. The fourth-order valence-corrected chi connectivity index (χ4v) is 2.53. The number of hydrogen-bond donors (Lipinski definition) is 1. The van der Waals surface area contributed by atoms with Crippen LogP contribution in [0.25, 0.3) is 0 Å². The van der Waals surface area contributed by atoms with Gasteiger partial charge in [-0.1, -0.05) is 28.1 Å². The Hall–Kier alpha value is -1.76. The highest BCUT2D eigenvalue weighted by Gasteiger charge is 2.11. The molecule has 142 valence electrons. The average molecular weight is 444 g/mol. The van der Waals surface area contributed by atoms with Crippen LogP contribution in [0.1, 0.15) is 18.0 Å². The Morgan fingerprint density at radius 3 is 2.19 bits per heavy atom. The molecule has 0 saturated heterocycles. The van der Waals surface area contributed by atoms with E-state index in [4.69, 9.17) is 9.47 Å². The molecule has 0 saturated carbocycles. The number of rotatable bonds is 7. The molecule has 1 N–H and O–H groups in total. The number of nitrogens with one attached hydrogen (secondary N) is 1. The molecule has 0 aliphatic carbocycles. The molecule has 5 nitrogen and oxygen atoms in total. The number of nitrogens with zero attached hydrogens (tertiary/aromatic N) is 1. The van der Waals surface area contributed by atoms with Gasteiger partial charge in [-0.15, -0.1) is 12.4 Å². The number of halogens is 2. The summed E-state index contributed by atoms with van der Waals surface area (Å²) in [5.41, 5.74) is 1.12. The van der Waals surface area contributed by atoms with E-state index in [0.717, 1.165) is 22.2 Å². The molecule has 0 aliphatic heterocycles. The van der Waals surface area contributed by atoms with Crippen molar-refractivity contribution < 1.29 is 14.3 Å². The Morgan fingerprint density at radius 1 is 1.08 bits per heavy atom. The predicted molar refractivity (Wildman–Crippen MR) is 109 cm³/mol. The van der Waals surface area contributed by atoms with Gasteiger partial charge in [-0.05, 0) is 49.0 Å². The monoisotopic (exact) mass is 442 g/mol. The van der Waals surface area contributed by atoms with Gasteiger partial charge >= 0.3 is 6.09 Å². The molecule has 2 aromatic carbocycles. The molecule has 0 aliphatic rings. The van der Waals surface area contributed by atoms with Crippen molar-refractivity contribution >= 4 is 34.4 Å². The van der Waals surface area contributed by atoms with Gasteiger partial charge in [-0.2, -0.15) is 0 Å². The summed E-state index contributed by atoms with van der Waals surface area (Å²) in [6, 6.07) is 15.5. The lowest BCUT2D eigenvalue weighted by Crippen LogP contribution is -2.25.